The van der Waals surface area contributed by atoms with E-state index < -0.39 is 0 Å². The highest BCUT2D eigenvalue weighted by Crippen LogP contribution is 2.42. The number of nitrogens with zero attached hydrogens (tertiary/aromatic N) is 1. The number of hydrogen-bond donors (Lipinski definition) is 1. The molecule has 3 heterocycles. The number of fused-ring (bicyclic) bond motifs is 1. The van der Waals surface area contributed by atoms with Gasteiger partial charge in [0.25, 0.3) is 0 Å². The first-order valence-corrected chi connectivity index (χ1v) is 8.28. The van der Waals surface area contributed by atoms with Gasteiger partial charge in [0.2, 0.25) is 0 Å². The molecule has 0 bridgehead atoms. The number of anilines is 1. The van der Waals surface area contributed by atoms with Crippen molar-refractivity contribution in [1.29, 1.82) is 0 Å². The normalized spacial score (nSPS) is 11.3. The van der Waals surface area contributed by atoms with E-state index in [1.165, 1.54) is 9.40 Å². The number of thiophene rings is 2. The SMILES string of the molecule is Nc1noc(-c2cc3sccc3s2)c1-c1ccc(Cl)cc1. The highest BCUT2D eigenvalue weighted by molar-refractivity contribution is 7.28. The lowest BCUT2D eigenvalue weighted by atomic mass is 10.1. The van der Waals surface area contributed by atoms with Crippen LogP contribution in [0.5, 0.6) is 0 Å². The third-order valence-corrected chi connectivity index (χ3v) is 5.56. The average Bonchev–Trinajstić information content (AvgIpc) is 3.13. The van der Waals surface area contributed by atoms with E-state index in [4.69, 9.17) is 21.9 Å². The zero-order chi connectivity index (χ0) is 14.4. The Kier molecular flexibility index (Phi) is 2.99. The molecule has 0 saturated carbocycles. The molecule has 6 heteroatoms. The van der Waals surface area contributed by atoms with Crippen molar-refractivity contribution in [2.24, 2.45) is 0 Å². The van der Waals surface area contributed by atoms with Crippen molar-refractivity contribution < 1.29 is 4.52 Å². The maximum atomic E-state index is 5.99. The fraction of sp³-hybridized carbons (Fsp3) is 0. The first kappa shape index (κ1) is 12.9. The summed E-state index contributed by atoms with van der Waals surface area (Å²) in [7, 11) is 0. The Bertz CT molecular complexity index is 892. The third kappa shape index (κ3) is 2.14. The van der Waals surface area contributed by atoms with Crippen LogP contribution in [0.1, 0.15) is 0 Å². The van der Waals surface area contributed by atoms with E-state index in [1.807, 2.05) is 24.3 Å². The molecule has 0 unspecified atom stereocenters. The Balaban J connectivity index is 1.90. The number of halogens is 1. The Labute approximate surface area is 133 Å². The van der Waals surface area contributed by atoms with Crippen LogP contribution in [0.4, 0.5) is 5.82 Å². The summed E-state index contributed by atoms with van der Waals surface area (Å²) in [4.78, 5) is 1.03. The second-order valence-electron chi connectivity index (χ2n) is 4.54. The molecule has 0 radical (unpaired) electrons. The predicted molar refractivity (Wildman–Crippen MR) is 90.1 cm³/mol. The lowest BCUT2D eigenvalue weighted by Crippen LogP contribution is -1.88. The van der Waals surface area contributed by atoms with Gasteiger partial charge in [0, 0.05) is 14.4 Å². The van der Waals surface area contributed by atoms with Gasteiger partial charge < -0.3 is 10.3 Å². The molecular formula is C15H9ClN2OS2. The van der Waals surface area contributed by atoms with E-state index in [-0.39, 0.29) is 0 Å². The molecule has 3 aromatic heterocycles. The number of nitrogens with two attached hydrogens (primary N) is 1. The van der Waals surface area contributed by atoms with Crippen LogP contribution in [0, 0.1) is 0 Å². The molecule has 0 aliphatic rings. The number of aromatic nitrogens is 1. The van der Waals surface area contributed by atoms with Crippen molar-refractivity contribution in [1.82, 2.24) is 5.16 Å². The number of benzene rings is 1. The number of nitrogen functional groups attached to an aromatic ring is 1. The maximum Gasteiger partial charge on any atom is 0.186 e. The quantitative estimate of drug-likeness (QED) is 0.525. The average molecular weight is 333 g/mol. The molecule has 1 aromatic carbocycles. The molecule has 3 nitrogen and oxygen atoms in total. The van der Waals surface area contributed by atoms with Crippen LogP contribution in [0.25, 0.3) is 31.2 Å². The second kappa shape index (κ2) is 4.87. The van der Waals surface area contributed by atoms with E-state index in [2.05, 4.69) is 22.7 Å². The van der Waals surface area contributed by atoms with Crippen molar-refractivity contribution in [3.63, 3.8) is 0 Å². The monoisotopic (exact) mass is 332 g/mol. The summed E-state index contributed by atoms with van der Waals surface area (Å²) < 4.78 is 7.96. The number of rotatable bonds is 2. The first-order valence-electron chi connectivity index (χ1n) is 6.21. The molecule has 4 rings (SSSR count). The van der Waals surface area contributed by atoms with Gasteiger partial charge >= 0.3 is 0 Å². The van der Waals surface area contributed by atoms with Gasteiger partial charge in [0.1, 0.15) is 0 Å². The predicted octanol–water partition coefficient (Wildman–Crippen LogP) is 5.52. The van der Waals surface area contributed by atoms with Gasteiger partial charge in [0.15, 0.2) is 11.6 Å². The van der Waals surface area contributed by atoms with E-state index >= 15 is 0 Å². The topological polar surface area (TPSA) is 52.0 Å². The van der Waals surface area contributed by atoms with Crippen LogP contribution < -0.4 is 5.73 Å². The Morgan fingerprint density at radius 2 is 1.90 bits per heavy atom. The molecular weight excluding hydrogens is 324 g/mol. The van der Waals surface area contributed by atoms with Gasteiger partial charge in [-0.3, -0.25) is 0 Å². The first-order chi connectivity index (χ1) is 10.2. The molecule has 0 aliphatic heterocycles. The summed E-state index contributed by atoms with van der Waals surface area (Å²) in [6.07, 6.45) is 0. The van der Waals surface area contributed by atoms with Crippen molar-refractivity contribution in [2.45, 2.75) is 0 Å². The van der Waals surface area contributed by atoms with E-state index in [0.29, 0.717) is 16.6 Å². The molecule has 0 saturated heterocycles. The fourth-order valence-electron chi connectivity index (χ4n) is 2.24. The molecule has 104 valence electrons. The Morgan fingerprint density at radius 3 is 2.67 bits per heavy atom. The second-order valence-corrected chi connectivity index (χ2v) is 7.01. The molecule has 0 atom stereocenters. The lowest BCUT2D eigenvalue weighted by Gasteiger charge is -2.01. The molecule has 0 fully saturated rings. The van der Waals surface area contributed by atoms with E-state index in [1.54, 1.807) is 22.7 Å². The van der Waals surface area contributed by atoms with Gasteiger partial charge in [-0.05, 0) is 35.2 Å². The summed E-state index contributed by atoms with van der Waals surface area (Å²) in [5, 5.41) is 6.70. The Hall–Kier alpha value is -1.82. The van der Waals surface area contributed by atoms with Crippen LogP contribution in [0.3, 0.4) is 0 Å². The zero-order valence-electron chi connectivity index (χ0n) is 10.7. The van der Waals surface area contributed by atoms with Crippen LogP contribution in [0.2, 0.25) is 5.02 Å². The minimum absolute atomic E-state index is 0.393. The molecule has 0 aliphatic carbocycles. The van der Waals surface area contributed by atoms with Crippen molar-refractivity contribution in [3.05, 3.63) is 46.8 Å². The fourth-order valence-corrected chi connectivity index (χ4v) is 4.46. The van der Waals surface area contributed by atoms with E-state index in [0.717, 1.165) is 16.0 Å². The largest absolute Gasteiger partial charge is 0.380 e. The van der Waals surface area contributed by atoms with Crippen LogP contribution in [-0.4, -0.2) is 5.16 Å². The van der Waals surface area contributed by atoms with Crippen LogP contribution >= 0.6 is 34.3 Å². The minimum Gasteiger partial charge on any atom is -0.380 e. The van der Waals surface area contributed by atoms with Gasteiger partial charge in [-0.2, -0.15) is 0 Å². The summed E-state index contributed by atoms with van der Waals surface area (Å²) >= 11 is 9.33. The third-order valence-electron chi connectivity index (χ3n) is 3.21. The Morgan fingerprint density at radius 1 is 1.10 bits per heavy atom. The van der Waals surface area contributed by atoms with Gasteiger partial charge in [0.05, 0.1) is 10.4 Å². The highest BCUT2D eigenvalue weighted by atomic mass is 35.5. The minimum atomic E-state index is 0.393. The molecule has 0 amide bonds. The summed E-state index contributed by atoms with van der Waals surface area (Å²) in [5.41, 5.74) is 7.76. The van der Waals surface area contributed by atoms with Crippen molar-refractivity contribution in [2.75, 3.05) is 5.73 Å². The highest BCUT2D eigenvalue weighted by Gasteiger charge is 2.19. The molecule has 2 N–H and O–H groups in total. The van der Waals surface area contributed by atoms with Crippen LogP contribution in [0.15, 0.2) is 46.3 Å². The molecule has 4 aromatic rings. The maximum absolute atomic E-state index is 5.99. The standard InChI is InChI=1S/C15H9ClN2OS2/c16-9-3-1-8(2-4-9)13-14(19-18-15(13)17)12-7-11-10(21-12)5-6-20-11/h1-7H,(H2,17,18). The summed E-state index contributed by atoms with van der Waals surface area (Å²) in [6.45, 7) is 0. The molecule has 21 heavy (non-hydrogen) atoms. The lowest BCUT2D eigenvalue weighted by molar-refractivity contribution is 0.437. The number of hydrogen-bond acceptors (Lipinski definition) is 5. The zero-order valence-corrected chi connectivity index (χ0v) is 13.1. The van der Waals surface area contributed by atoms with Gasteiger partial charge in [-0.15, -0.1) is 22.7 Å². The smallest absolute Gasteiger partial charge is 0.186 e. The summed E-state index contributed by atoms with van der Waals surface area (Å²) in [5.74, 6) is 1.10. The van der Waals surface area contributed by atoms with Gasteiger partial charge in [-0.1, -0.05) is 28.9 Å². The van der Waals surface area contributed by atoms with Crippen LogP contribution in [-0.2, 0) is 0 Å². The van der Waals surface area contributed by atoms with Crippen molar-refractivity contribution >= 4 is 49.5 Å². The van der Waals surface area contributed by atoms with Gasteiger partial charge in [-0.25, -0.2) is 0 Å². The van der Waals surface area contributed by atoms with E-state index in [9.17, 15) is 0 Å². The van der Waals surface area contributed by atoms with Crippen molar-refractivity contribution in [3.8, 4) is 21.8 Å². The summed E-state index contributed by atoms with van der Waals surface area (Å²) in [6, 6.07) is 11.7. The molecule has 0 spiro atoms.